The van der Waals surface area contributed by atoms with Gasteiger partial charge in [-0.25, -0.2) is 9.78 Å². The maximum absolute atomic E-state index is 12.6. The normalized spacial score (nSPS) is 27.0. The summed E-state index contributed by atoms with van der Waals surface area (Å²) in [4.78, 5) is 45.8. The molecule has 1 aliphatic carbocycles. The Kier molecular flexibility index (Phi) is 2.75. The van der Waals surface area contributed by atoms with Crippen LogP contribution in [-0.4, -0.2) is 64.1 Å². The highest BCUT2D eigenvalue weighted by Crippen LogP contribution is 2.37. The average molecular weight is 304 g/mol. The monoisotopic (exact) mass is 304 g/mol. The van der Waals surface area contributed by atoms with Gasteiger partial charge in [0.15, 0.2) is 0 Å². The molecule has 1 aromatic heterocycles. The summed E-state index contributed by atoms with van der Waals surface area (Å²) in [5.41, 5.74) is -0.136. The number of likely N-dealkylation sites (N-methyl/N-ethyl adjacent to an activating group) is 1. The van der Waals surface area contributed by atoms with Gasteiger partial charge in [-0.15, -0.1) is 0 Å². The van der Waals surface area contributed by atoms with Crippen molar-refractivity contribution in [3.05, 3.63) is 27.9 Å². The van der Waals surface area contributed by atoms with Gasteiger partial charge in [0, 0.05) is 25.6 Å². The molecule has 2 amide bonds. The molecular weight excluding hydrogens is 288 g/mol. The number of H-pyrrole nitrogens is 1. The minimum absolute atomic E-state index is 0.124. The van der Waals surface area contributed by atoms with E-state index in [2.05, 4.69) is 9.97 Å². The minimum atomic E-state index is -0.354. The number of likely N-dealkylation sites (tertiary alicyclic amines) is 1. The first-order valence-corrected chi connectivity index (χ1v) is 7.37. The summed E-state index contributed by atoms with van der Waals surface area (Å²) in [6, 6.07) is 1.11. The standard InChI is InChI=1S/C14H16N4O4/c1-17-9-5-18(6-10(9)22-14(17)21)13(20)8-4-11(19)16-12(15-8)7-2-3-7/h4,7,9-10H,2-3,5-6H2,1H3,(H,15,16,19)/t9-,10+/m1/s1. The van der Waals surface area contributed by atoms with E-state index in [-0.39, 0.29) is 41.3 Å². The van der Waals surface area contributed by atoms with Crippen LogP contribution in [0, 0.1) is 0 Å². The molecule has 0 radical (unpaired) electrons. The van der Waals surface area contributed by atoms with E-state index >= 15 is 0 Å². The van der Waals surface area contributed by atoms with Crippen molar-refractivity contribution in [3.8, 4) is 0 Å². The second kappa shape index (κ2) is 4.56. The van der Waals surface area contributed by atoms with Crippen LogP contribution in [0.1, 0.15) is 35.1 Å². The Morgan fingerprint density at radius 1 is 1.36 bits per heavy atom. The Morgan fingerprint density at radius 2 is 2.14 bits per heavy atom. The number of amides is 2. The summed E-state index contributed by atoms with van der Waals surface area (Å²) >= 11 is 0. The second-order valence-corrected chi connectivity index (χ2v) is 6.10. The molecule has 3 fully saturated rings. The van der Waals surface area contributed by atoms with Crippen LogP contribution in [0.15, 0.2) is 10.9 Å². The van der Waals surface area contributed by atoms with Gasteiger partial charge >= 0.3 is 6.09 Å². The lowest BCUT2D eigenvalue weighted by Crippen LogP contribution is -2.37. The van der Waals surface area contributed by atoms with Crippen LogP contribution in [0.5, 0.6) is 0 Å². The number of carbonyl (C=O) groups excluding carboxylic acids is 2. The molecule has 0 bridgehead atoms. The lowest BCUT2D eigenvalue weighted by Gasteiger charge is -2.19. The lowest BCUT2D eigenvalue weighted by atomic mass is 10.2. The molecule has 2 atom stereocenters. The molecule has 2 aliphatic heterocycles. The predicted octanol–water partition coefficient (Wildman–Crippen LogP) is -0.0777. The number of carbonyl (C=O) groups is 2. The zero-order valence-corrected chi connectivity index (χ0v) is 12.1. The summed E-state index contributed by atoms with van der Waals surface area (Å²) in [7, 11) is 1.66. The number of hydrogen-bond donors (Lipinski definition) is 1. The van der Waals surface area contributed by atoms with Crippen molar-refractivity contribution < 1.29 is 14.3 Å². The van der Waals surface area contributed by atoms with E-state index in [9.17, 15) is 14.4 Å². The fourth-order valence-corrected chi connectivity index (χ4v) is 3.06. The molecule has 8 heteroatoms. The van der Waals surface area contributed by atoms with Crippen molar-refractivity contribution in [1.82, 2.24) is 19.8 Å². The van der Waals surface area contributed by atoms with Gasteiger partial charge in [-0.1, -0.05) is 0 Å². The first-order valence-electron chi connectivity index (χ1n) is 7.37. The summed E-state index contributed by atoms with van der Waals surface area (Å²) in [5.74, 6) is 0.580. The molecular formula is C14H16N4O4. The topological polar surface area (TPSA) is 95.6 Å². The van der Waals surface area contributed by atoms with E-state index in [0.29, 0.717) is 18.9 Å². The van der Waals surface area contributed by atoms with E-state index in [0.717, 1.165) is 12.8 Å². The molecule has 1 N–H and O–H groups in total. The molecule has 0 spiro atoms. The number of nitrogens with zero attached hydrogens (tertiary/aromatic N) is 3. The second-order valence-electron chi connectivity index (χ2n) is 6.10. The molecule has 1 aromatic rings. The maximum Gasteiger partial charge on any atom is 0.410 e. The fourth-order valence-electron chi connectivity index (χ4n) is 3.06. The number of aromatic nitrogens is 2. The largest absolute Gasteiger partial charge is 0.442 e. The third-order valence-electron chi connectivity index (χ3n) is 4.50. The summed E-state index contributed by atoms with van der Waals surface area (Å²) in [5, 5.41) is 0. The third-order valence-corrected chi connectivity index (χ3v) is 4.50. The Bertz CT molecular complexity index is 711. The van der Waals surface area contributed by atoms with Crippen LogP contribution >= 0.6 is 0 Å². The highest BCUT2D eigenvalue weighted by Gasteiger charge is 2.47. The van der Waals surface area contributed by atoms with E-state index in [1.165, 1.54) is 11.0 Å². The quantitative estimate of drug-likeness (QED) is 0.824. The number of nitrogens with one attached hydrogen (secondary N) is 1. The van der Waals surface area contributed by atoms with Crippen molar-refractivity contribution in [3.63, 3.8) is 0 Å². The van der Waals surface area contributed by atoms with Crippen molar-refractivity contribution in [2.45, 2.75) is 30.9 Å². The Morgan fingerprint density at radius 3 is 2.82 bits per heavy atom. The van der Waals surface area contributed by atoms with Gasteiger partial charge in [0.2, 0.25) is 0 Å². The number of rotatable bonds is 2. The molecule has 0 aromatic carbocycles. The molecule has 4 rings (SSSR count). The van der Waals surface area contributed by atoms with Crippen LogP contribution in [0.4, 0.5) is 4.79 Å². The van der Waals surface area contributed by atoms with E-state index in [4.69, 9.17) is 4.74 Å². The Balaban J connectivity index is 1.56. The van der Waals surface area contributed by atoms with Crippen LogP contribution < -0.4 is 5.56 Å². The number of hydrogen-bond acceptors (Lipinski definition) is 5. The molecule has 0 unspecified atom stereocenters. The molecule has 3 heterocycles. The van der Waals surface area contributed by atoms with Crippen molar-refractivity contribution in [2.75, 3.05) is 20.1 Å². The van der Waals surface area contributed by atoms with Crippen molar-refractivity contribution >= 4 is 12.0 Å². The van der Waals surface area contributed by atoms with Gasteiger partial charge in [0.05, 0.1) is 12.6 Å². The number of ether oxygens (including phenoxy) is 1. The Hall–Kier alpha value is -2.38. The van der Waals surface area contributed by atoms with Gasteiger partial charge in [0.25, 0.3) is 11.5 Å². The molecule has 22 heavy (non-hydrogen) atoms. The average Bonchev–Trinajstić information content (AvgIpc) is 3.21. The van der Waals surface area contributed by atoms with E-state index in [1.807, 2.05) is 0 Å². The Labute approximate surface area is 126 Å². The van der Waals surface area contributed by atoms with Crippen molar-refractivity contribution in [2.24, 2.45) is 0 Å². The lowest BCUT2D eigenvalue weighted by molar-refractivity contribution is 0.0726. The van der Waals surface area contributed by atoms with E-state index < -0.39 is 0 Å². The molecule has 3 aliphatic rings. The summed E-state index contributed by atoms with van der Waals surface area (Å²) in [6.07, 6.45) is 1.34. The highest BCUT2D eigenvalue weighted by atomic mass is 16.6. The third kappa shape index (κ3) is 2.06. The molecule has 8 nitrogen and oxygen atoms in total. The zero-order chi connectivity index (χ0) is 15.4. The van der Waals surface area contributed by atoms with Crippen LogP contribution in [0.2, 0.25) is 0 Å². The summed E-state index contributed by atoms with van der Waals surface area (Å²) < 4.78 is 5.21. The minimum Gasteiger partial charge on any atom is -0.442 e. The van der Waals surface area contributed by atoms with Gasteiger partial charge in [-0.2, -0.15) is 0 Å². The zero-order valence-electron chi connectivity index (χ0n) is 12.1. The molecule has 116 valence electrons. The van der Waals surface area contributed by atoms with Gasteiger partial charge in [-0.05, 0) is 12.8 Å². The summed E-state index contributed by atoms with van der Waals surface area (Å²) in [6.45, 7) is 0.742. The van der Waals surface area contributed by atoms with Crippen LogP contribution in [-0.2, 0) is 4.74 Å². The van der Waals surface area contributed by atoms with Crippen LogP contribution in [0.3, 0.4) is 0 Å². The first kappa shape index (κ1) is 13.3. The van der Waals surface area contributed by atoms with Gasteiger partial charge < -0.3 is 19.5 Å². The maximum atomic E-state index is 12.6. The fraction of sp³-hybridized carbons (Fsp3) is 0.571. The van der Waals surface area contributed by atoms with Crippen molar-refractivity contribution in [1.29, 1.82) is 0 Å². The molecule has 2 saturated heterocycles. The van der Waals surface area contributed by atoms with Crippen LogP contribution in [0.25, 0.3) is 0 Å². The smallest absolute Gasteiger partial charge is 0.410 e. The highest BCUT2D eigenvalue weighted by molar-refractivity contribution is 5.92. The van der Waals surface area contributed by atoms with E-state index in [1.54, 1.807) is 11.9 Å². The number of fused-ring (bicyclic) bond motifs is 1. The SMILES string of the molecule is CN1C(=O)O[C@H]2CN(C(=O)c3cc(=O)[nH]c(C4CC4)n3)C[C@H]21. The number of aromatic amines is 1. The molecule has 1 saturated carbocycles. The predicted molar refractivity (Wildman–Crippen MR) is 74.6 cm³/mol. The van der Waals surface area contributed by atoms with Gasteiger partial charge in [-0.3, -0.25) is 9.59 Å². The first-order chi connectivity index (χ1) is 10.5. The van der Waals surface area contributed by atoms with Gasteiger partial charge in [0.1, 0.15) is 17.6 Å².